The Bertz CT molecular complexity index is 1040. The second-order valence-corrected chi connectivity index (χ2v) is 6.77. The normalized spacial score (nSPS) is 10.8. The summed E-state index contributed by atoms with van der Waals surface area (Å²) in [5.41, 5.74) is 0.406. The van der Waals surface area contributed by atoms with E-state index in [9.17, 15) is 9.59 Å². The van der Waals surface area contributed by atoms with E-state index in [0.717, 1.165) is 11.4 Å². The van der Waals surface area contributed by atoms with Crippen molar-refractivity contribution in [3.8, 4) is 11.5 Å². The summed E-state index contributed by atoms with van der Waals surface area (Å²) < 4.78 is 17.6. The third kappa shape index (κ3) is 4.30. The molecule has 0 unspecified atom stereocenters. The van der Waals surface area contributed by atoms with Crippen molar-refractivity contribution in [1.82, 2.24) is 14.6 Å². The molecular weight excluding hydrogens is 382 g/mol. The molecule has 0 aliphatic heterocycles. The van der Waals surface area contributed by atoms with Gasteiger partial charge in [-0.1, -0.05) is 18.3 Å². The van der Waals surface area contributed by atoms with Crippen molar-refractivity contribution in [3.05, 3.63) is 50.9 Å². The largest absolute Gasteiger partial charge is 0.490 e. The first-order valence-corrected chi connectivity index (χ1v) is 9.82. The van der Waals surface area contributed by atoms with Gasteiger partial charge in [0, 0.05) is 6.07 Å². The summed E-state index contributed by atoms with van der Waals surface area (Å²) in [6.07, 6.45) is 0.720. The van der Waals surface area contributed by atoms with Crippen LogP contribution >= 0.6 is 11.3 Å². The lowest BCUT2D eigenvalue weighted by Crippen LogP contribution is -2.16. The van der Waals surface area contributed by atoms with E-state index < -0.39 is 5.97 Å². The van der Waals surface area contributed by atoms with E-state index in [1.54, 1.807) is 18.2 Å². The highest BCUT2D eigenvalue weighted by Gasteiger charge is 2.14. The number of aromatic nitrogens is 3. The monoisotopic (exact) mass is 403 g/mol. The first-order valence-electron chi connectivity index (χ1n) is 9.01. The maximum atomic E-state index is 12.4. The zero-order chi connectivity index (χ0) is 20.1. The van der Waals surface area contributed by atoms with Crippen LogP contribution in [0.25, 0.3) is 4.96 Å². The van der Waals surface area contributed by atoms with Crippen LogP contribution in [-0.4, -0.2) is 33.8 Å². The molecule has 0 bridgehead atoms. The molecule has 0 N–H and O–H groups in total. The zero-order valence-electron chi connectivity index (χ0n) is 15.9. The van der Waals surface area contributed by atoms with Crippen LogP contribution in [0, 0.1) is 0 Å². The number of ether oxygens (including phenoxy) is 3. The quantitative estimate of drug-likeness (QED) is 0.534. The van der Waals surface area contributed by atoms with E-state index in [1.165, 1.54) is 21.9 Å². The van der Waals surface area contributed by atoms with Gasteiger partial charge in [0.25, 0.3) is 5.56 Å². The van der Waals surface area contributed by atoms with Gasteiger partial charge in [-0.25, -0.2) is 9.78 Å². The first kappa shape index (κ1) is 19.8. The van der Waals surface area contributed by atoms with Crippen LogP contribution in [0.3, 0.4) is 0 Å². The number of nitrogens with zero attached hydrogens (tertiary/aromatic N) is 3. The summed E-state index contributed by atoms with van der Waals surface area (Å²) in [5, 5.41) is 5.01. The molecule has 3 aromatic rings. The number of esters is 1. The maximum absolute atomic E-state index is 12.4. The molecule has 2 heterocycles. The Morgan fingerprint density at radius 2 is 1.86 bits per heavy atom. The van der Waals surface area contributed by atoms with Crippen LogP contribution in [0.15, 0.2) is 29.1 Å². The van der Waals surface area contributed by atoms with Crippen molar-refractivity contribution >= 4 is 22.3 Å². The van der Waals surface area contributed by atoms with Gasteiger partial charge in [-0.15, -0.1) is 0 Å². The van der Waals surface area contributed by atoms with Crippen molar-refractivity contribution in [3.63, 3.8) is 0 Å². The minimum absolute atomic E-state index is 0.110. The smallest absolute Gasteiger partial charge is 0.338 e. The molecule has 3 rings (SSSR count). The summed E-state index contributed by atoms with van der Waals surface area (Å²) in [4.78, 5) is 29.4. The number of hydrogen-bond donors (Lipinski definition) is 0. The standard InChI is InChI=1S/C19H21N3O5S/c1-4-16-21-22-17(23)10-13(20-19(22)28-16)11-27-18(24)12-7-8-14(25-5-2)15(9-12)26-6-3/h7-10H,4-6,11H2,1-3H3. The molecule has 0 aliphatic rings. The Kier molecular flexibility index (Phi) is 6.25. The summed E-state index contributed by atoms with van der Waals surface area (Å²) in [6.45, 7) is 6.51. The molecule has 8 nitrogen and oxygen atoms in total. The Hall–Kier alpha value is -2.94. The Labute approximate surface area is 165 Å². The highest BCUT2D eigenvalue weighted by atomic mass is 32.1. The highest BCUT2D eigenvalue weighted by Crippen LogP contribution is 2.29. The number of hydrogen-bond acceptors (Lipinski definition) is 8. The van der Waals surface area contributed by atoms with Gasteiger partial charge in [0.2, 0.25) is 4.96 Å². The molecule has 148 valence electrons. The number of fused-ring (bicyclic) bond motifs is 1. The van der Waals surface area contributed by atoms with Gasteiger partial charge in [-0.05, 0) is 38.5 Å². The van der Waals surface area contributed by atoms with Crippen molar-refractivity contribution in [2.75, 3.05) is 13.2 Å². The van der Waals surface area contributed by atoms with Gasteiger partial charge in [0.1, 0.15) is 11.6 Å². The molecule has 28 heavy (non-hydrogen) atoms. The molecule has 0 fully saturated rings. The number of carbonyl (C=O) groups excluding carboxylic acids is 1. The summed E-state index contributed by atoms with van der Waals surface area (Å²) in [6, 6.07) is 6.19. The molecule has 9 heteroatoms. The fraction of sp³-hybridized carbons (Fsp3) is 0.368. The molecule has 0 atom stereocenters. The second kappa shape index (κ2) is 8.83. The van der Waals surface area contributed by atoms with E-state index in [4.69, 9.17) is 14.2 Å². The van der Waals surface area contributed by atoms with Crippen molar-refractivity contribution in [2.24, 2.45) is 0 Å². The van der Waals surface area contributed by atoms with Crippen LogP contribution in [0.1, 0.15) is 41.8 Å². The summed E-state index contributed by atoms with van der Waals surface area (Å²) in [5.74, 6) is 0.510. The summed E-state index contributed by atoms with van der Waals surface area (Å²) >= 11 is 1.34. The predicted molar refractivity (Wildman–Crippen MR) is 104 cm³/mol. The molecule has 2 aromatic heterocycles. The zero-order valence-corrected chi connectivity index (χ0v) is 16.7. The van der Waals surface area contributed by atoms with Gasteiger partial charge in [-0.3, -0.25) is 4.79 Å². The van der Waals surface area contributed by atoms with Gasteiger partial charge in [0.05, 0.1) is 24.5 Å². The van der Waals surface area contributed by atoms with Crippen LogP contribution in [0.4, 0.5) is 0 Å². The SMILES string of the molecule is CCOc1ccc(C(=O)OCc2cc(=O)n3nc(CC)sc3n2)cc1OCC. The Morgan fingerprint density at radius 1 is 1.11 bits per heavy atom. The summed E-state index contributed by atoms with van der Waals surface area (Å²) in [7, 11) is 0. The molecule has 0 radical (unpaired) electrons. The van der Waals surface area contributed by atoms with Crippen LogP contribution in [-0.2, 0) is 17.8 Å². The van der Waals surface area contributed by atoms with Crippen LogP contribution in [0.2, 0.25) is 0 Å². The third-order valence-electron chi connectivity index (χ3n) is 3.77. The molecule has 0 amide bonds. The van der Waals surface area contributed by atoms with Gasteiger partial charge in [0.15, 0.2) is 11.5 Å². The Morgan fingerprint density at radius 3 is 2.57 bits per heavy atom. The maximum Gasteiger partial charge on any atom is 0.338 e. The van der Waals surface area contributed by atoms with Gasteiger partial charge >= 0.3 is 5.97 Å². The topological polar surface area (TPSA) is 92.0 Å². The third-order valence-corrected chi connectivity index (χ3v) is 4.83. The van der Waals surface area contributed by atoms with E-state index in [1.807, 2.05) is 20.8 Å². The minimum Gasteiger partial charge on any atom is -0.490 e. The lowest BCUT2D eigenvalue weighted by molar-refractivity contribution is 0.0467. The van der Waals surface area contributed by atoms with Gasteiger partial charge in [-0.2, -0.15) is 9.61 Å². The number of aryl methyl sites for hydroxylation is 1. The van der Waals surface area contributed by atoms with E-state index in [2.05, 4.69) is 10.1 Å². The molecule has 0 aliphatic carbocycles. The molecule has 0 saturated heterocycles. The van der Waals surface area contributed by atoms with Crippen LogP contribution < -0.4 is 15.0 Å². The van der Waals surface area contributed by atoms with E-state index >= 15 is 0 Å². The number of rotatable bonds is 8. The lowest BCUT2D eigenvalue weighted by Gasteiger charge is -2.12. The van der Waals surface area contributed by atoms with Crippen LogP contribution in [0.5, 0.6) is 11.5 Å². The highest BCUT2D eigenvalue weighted by molar-refractivity contribution is 7.16. The van der Waals surface area contributed by atoms with E-state index in [-0.39, 0.29) is 12.2 Å². The second-order valence-electron chi connectivity index (χ2n) is 5.73. The molecule has 1 aromatic carbocycles. The van der Waals surface area contributed by atoms with E-state index in [0.29, 0.717) is 40.9 Å². The van der Waals surface area contributed by atoms with Crippen molar-refractivity contribution in [1.29, 1.82) is 0 Å². The molecular formula is C19H21N3O5S. The predicted octanol–water partition coefficient (Wildman–Crippen LogP) is 2.87. The minimum atomic E-state index is -0.537. The fourth-order valence-corrected chi connectivity index (χ4v) is 3.37. The average molecular weight is 403 g/mol. The van der Waals surface area contributed by atoms with Gasteiger partial charge < -0.3 is 14.2 Å². The average Bonchev–Trinajstić information content (AvgIpc) is 3.12. The Balaban J connectivity index is 1.75. The first-order chi connectivity index (χ1) is 13.5. The fourth-order valence-electron chi connectivity index (χ4n) is 2.51. The van der Waals surface area contributed by atoms with Crippen molar-refractivity contribution in [2.45, 2.75) is 33.8 Å². The number of carbonyl (C=O) groups is 1. The molecule has 0 spiro atoms. The molecule has 0 saturated carbocycles. The van der Waals surface area contributed by atoms with Crippen molar-refractivity contribution < 1.29 is 19.0 Å². The number of benzene rings is 1. The lowest BCUT2D eigenvalue weighted by atomic mass is 10.2.